The zero-order chi connectivity index (χ0) is 9.56. The summed E-state index contributed by atoms with van der Waals surface area (Å²) in [7, 11) is 4.31. The van der Waals surface area contributed by atoms with Gasteiger partial charge in [-0.3, -0.25) is 0 Å². The Kier molecular flexibility index (Phi) is 6.39. The standard InChI is InChI=1S/C10H24N2/c1-9(2)8-10(12(3)4)6-5-7-11/h9-10H,5-8,11H2,1-4H3. The summed E-state index contributed by atoms with van der Waals surface area (Å²) in [6.07, 6.45) is 3.67. The zero-order valence-corrected chi connectivity index (χ0v) is 9.01. The Morgan fingerprint density at radius 3 is 2.17 bits per heavy atom. The molecule has 0 aliphatic heterocycles. The van der Waals surface area contributed by atoms with Crippen LogP contribution in [0, 0.1) is 5.92 Å². The molecule has 0 spiro atoms. The van der Waals surface area contributed by atoms with Crippen molar-refractivity contribution < 1.29 is 0 Å². The highest BCUT2D eigenvalue weighted by Crippen LogP contribution is 2.13. The van der Waals surface area contributed by atoms with Crippen LogP contribution in [-0.2, 0) is 0 Å². The molecule has 2 N–H and O–H groups in total. The van der Waals surface area contributed by atoms with Gasteiger partial charge in [0.15, 0.2) is 0 Å². The molecule has 1 atom stereocenters. The molecule has 1 unspecified atom stereocenters. The molecule has 0 saturated carbocycles. The van der Waals surface area contributed by atoms with E-state index in [0.717, 1.165) is 18.9 Å². The lowest BCUT2D eigenvalue weighted by Crippen LogP contribution is -2.29. The predicted octanol–water partition coefficient (Wildman–Crippen LogP) is 1.70. The lowest BCUT2D eigenvalue weighted by atomic mass is 9.99. The summed E-state index contributed by atoms with van der Waals surface area (Å²) in [6.45, 7) is 5.38. The smallest absolute Gasteiger partial charge is 0.00920 e. The quantitative estimate of drug-likeness (QED) is 0.661. The SMILES string of the molecule is CC(C)CC(CCCN)N(C)C. The van der Waals surface area contributed by atoms with Crippen LogP contribution in [-0.4, -0.2) is 31.6 Å². The van der Waals surface area contributed by atoms with Crippen LogP contribution in [0.15, 0.2) is 0 Å². The Morgan fingerprint density at radius 1 is 1.25 bits per heavy atom. The van der Waals surface area contributed by atoms with E-state index in [0.29, 0.717) is 6.04 Å². The number of nitrogens with zero attached hydrogens (tertiary/aromatic N) is 1. The normalized spacial score (nSPS) is 14.2. The lowest BCUT2D eigenvalue weighted by molar-refractivity contribution is 0.239. The van der Waals surface area contributed by atoms with Gasteiger partial charge in [0.1, 0.15) is 0 Å². The number of hydrogen-bond acceptors (Lipinski definition) is 2. The maximum Gasteiger partial charge on any atom is 0.00920 e. The van der Waals surface area contributed by atoms with Gasteiger partial charge in [-0.1, -0.05) is 13.8 Å². The molecule has 0 aromatic heterocycles. The Labute approximate surface area is 77.1 Å². The van der Waals surface area contributed by atoms with Crippen molar-refractivity contribution in [3.05, 3.63) is 0 Å². The first-order chi connectivity index (χ1) is 5.57. The van der Waals surface area contributed by atoms with Crippen molar-refractivity contribution in [2.75, 3.05) is 20.6 Å². The topological polar surface area (TPSA) is 29.3 Å². The molecular formula is C10H24N2. The van der Waals surface area contributed by atoms with Gasteiger partial charge in [0.25, 0.3) is 0 Å². The van der Waals surface area contributed by atoms with Gasteiger partial charge in [-0.15, -0.1) is 0 Å². The van der Waals surface area contributed by atoms with E-state index in [9.17, 15) is 0 Å². The second kappa shape index (κ2) is 6.44. The Morgan fingerprint density at radius 2 is 1.83 bits per heavy atom. The second-order valence-corrected chi connectivity index (χ2v) is 4.18. The van der Waals surface area contributed by atoms with Crippen LogP contribution in [0.25, 0.3) is 0 Å². The summed E-state index contributed by atoms with van der Waals surface area (Å²) in [5, 5.41) is 0. The molecule has 0 aromatic carbocycles. The molecule has 12 heavy (non-hydrogen) atoms. The summed E-state index contributed by atoms with van der Waals surface area (Å²) in [6, 6.07) is 0.716. The summed E-state index contributed by atoms with van der Waals surface area (Å²) in [5.74, 6) is 0.787. The van der Waals surface area contributed by atoms with Gasteiger partial charge in [0, 0.05) is 6.04 Å². The van der Waals surface area contributed by atoms with Gasteiger partial charge in [0.05, 0.1) is 0 Å². The van der Waals surface area contributed by atoms with Crippen molar-refractivity contribution in [1.29, 1.82) is 0 Å². The molecule has 0 bridgehead atoms. The molecule has 0 rings (SSSR count). The van der Waals surface area contributed by atoms with Crippen LogP contribution in [0.2, 0.25) is 0 Å². The van der Waals surface area contributed by atoms with Crippen molar-refractivity contribution in [2.24, 2.45) is 11.7 Å². The minimum atomic E-state index is 0.716. The van der Waals surface area contributed by atoms with Gasteiger partial charge in [-0.2, -0.15) is 0 Å². The highest BCUT2D eigenvalue weighted by molar-refractivity contribution is 4.68. The summed E-state index contributed by atoms with van der Waals surface area (Å²) in [5.41, 5.74) is 5.49. The highest BCUT2D eigenvalue weighted by Gasteiger charge is 2.11. The van der Waals surface area contributed by atoms with Crippen LogP contribution < -0.4 is 5.73 Å². The lowest BCUT2D eigenvalue weighted by Gasteiger charge is -2.25. The maximum atomic E-state index is 5.49. The minimum absolute atomic E-state index is 0.716. The van der Waals surface area contributed by atoms with E-state index < -0.39 is 0 Å². The first-order valence-electron chi connectivity index (χ1n) is 4.94. The van der Waals surface area contributed by atoms with E-state index in [1.807, 2.05) is 0 Å². The predicted molar refractivity (Wildman–Crippen MR) is 55.2 cm³/mol. The van der Waals surface area contributed by atoms with Crippen molar-refractivity contribution in [3.63, 3.8) is 0 Å². The van der Waals surface area contributed by atoms with Crippen LogP contribution in [0.1, 0.15) is 33.1 Å². The number of nitrogens with two attached hydrogens (primary N) is 1. The van der Waals surface area contributed by atoms with Gasteiger partial charge < -0.3 is 10.6 Å². The van der Waals surface area contributed by atoms with E-state index in [-0.39, 0.29) is 0 Å². The van der Waals surface area contributed by atoms with Crippen molar-refractivity contribution in [2.45, 2.75) is 39.2 Å². The largest absolute Gasteiger partial charge is 0.330 e. The average Bonchev–Trinajstić information content (AvgIpc) is 1.96. The Balaban J connectivity index is 3.70. The molecule has 0 aromatic rings. The summed E-state index contributed by atoms with van der Waals surface area (Å²) in [4.78, 5) is 2.32. The van der Waals surface area contributed by atoms with E-state index in [1.54, 1.807) is 0 Å². The molecular weight excluding hydrogens is 148 g/mol. The Hall–Kier alpha value is -0.0800. The van der Waals surface area contributed by atoms with Crippen molar-refractivity contribution in [3.8, 4) is 0 Å². The fourth-order valence-corrected chi connectivity index (χ4v) is 1.48. The third kappa shape index (κ3) is 5.56. The first-order valence-corrected chi connectivity index (χ1v) is 4.94. The molecule has 0 amide bonds. The molecule has 0 aliphatic carbocycles. The summed E-state index contributed by atoms with van der Waals surface area (Å²) < 4.78 is 0. The van der Waals surface area contributed by atoms with E-state index in [1.165, 1.54) is 12.8 Å². The highest BCUT2D eigenvalue weighted by atomic mass is 15.1. The van der Waals surface area contributed by atoms with Crippen molar-refractivity contribution >= 4 is 0 Å². The first kappa shape index (κ1) is 11.9. The van der Waals surface area contributed by atoms with Gasteiger partial charge in [-0.05, 0) is 45.8 Å². The van der Waals surface area contributed by atoms with Crippen LogP contribution in [0.4, 0.5) is 0 Å². The molecule has 0 heterocycles. The summed E-state index contributed by atoms with van der Waals surface area (Å²) >= 11 is 0. The van der Waals surface area contributed by atoms with E-state index in [2.05, 4.69) is 32.8 Å². The minimum Gasteiger partial charge on any atom is -0.330 e. The molecule has 74 valence electrons. The monoisotopic (exact) mass is 172 g/mol. The maximum absolute atomic E-state index is 5.49. The van der Waals surface area contributed by atoms with Gasteiger partial charge >= 0.3 is 0 Å². The average molecular weight is 172 g/mol. The third-order valence-electron chi connectivity index (χ3n) is 2.22. The van der Waals surface area contributed by atoms with Gasteiger partial charge in [-0.25, -0.2) is 0 Å². The fraction of sp³-hybridized carbons (Fsp3) is 1.00. The molecule has 2 heteroatoms. The zero-order valence-electron chi connectivity index (χ0n) is 9.01. The number of rotatable bonds is 6. The van der Waals surface area contributed by atoms with E-state index >= 15 is 0 Å². The van der Waals surface area contributed by atoms with Crippen LogP contribution in [0.5, 0.6) is 0 Å². The second-order valence-electron chi connectivity index (χ2n) is 4.18. The number of hydrogen-bond donors (Lipinski definition) is 1. The molecule has 0 radical (unpaired) electrons. The van der Waals surface area contributed by atoms with E-state index in [4.69, 9.17) is 5.73 Å². The van der Waals surface area contributed by atoms with Gasteiger partial charge in [0.2, 0.25) is 0 Å². The molecule has 0 saturated heterocycles. The fourth-order valence-electron chi connectivity index (χ4n) is 1.48. The van der Waals surface area contributed by atoms with Crippen LogP contribution >= 0.6 is 0 Å². The molecule has 0 fully saturated rings. The third-order valence-corrected chi connectivity index (χ3v) is 2.22. The van der Waals surface area contributed by atoms with Crippen LogP contribution in [0.3, 0.4) is 0 Å². The Bertz CT molecular complexity index is 100. The molecule has 2 nitrogen and oxygen atoms in total. The van der Waals surface area contributed by atoms with Crippen molar-refractivity contribution in [1.82, 2.24) is 4.90 Å². The molecule has 0 aliphatic rings.